The van der Waals surface area contributed by atoms with Crippen LogP contribution >= 0.6 is 0 Å². The smallest absolute Gasteiger partial charge is 0.347 e. The number of benzene rings is 2. The van der Waals surface area contributed by atoms with Crippen molar-refractivity contribution in [1.29, 1.82) is 0 Å². The number of furan rings is 1. The Morgan fingerprint density at radius 2 is 1.90 bits per heavy atom. The second-order valence-electron chi connectivity index (χ2n) is 6.84. The summed E-state index contributed by atoms with van der Waals surface area (Å²) in [4.78, 5) is 29.9. The second kappa shape index (κ2) is 8.83. The third-order valence-electron chi connectivity index (χ3n) is 4.64. The molecular weight excluding hydrogens is 403 g/mol. The molecule has 0 amide bonds. The van der Waals surface area contributed by atoms with E-state index in [0.29, 0.717) is 22.4 Å². The first kappa shape index (κ1) is 20.3. The van der Waals surface area contributed by atoms with E-state index in [1.807, 2.05) is 0 Å². The summed E-state index contributed by atoms with van der Waals surface area (Å²) >= 11 is 0. The van der Waals surface area contributed by atoms with Crippen molar-refractivity contribution in [2.24, 2.45) is 0 Å². The van der Waals surface area contributed by atoms with E-state index in [1.54, 1.807) is 36.4 Å². The molecule has 158 valence electrons. The van der Waals surface area contributed by atoms with Crippen LogP contribution < -0.4 is 10.3 Å². The van der Waals surface area contributed by atoms with Gasteiger partial charge in [-0.3, -0.25) is 9.36 Å². The lowest BCUT2D eigenvalue weighted by molar-refractivity contribution is -0.152. The number of nitrogens with zero attached hydrogens (tertiary/aromatic N) is 2. The van der Waals surface area contributed by atoms with Crippen molar-refractivity contribution in [3.8, 4) is 5.75 Å². The molecule has 1 atom stereocenters. The van der Waals surface area contributed by atoms with Gasteiger partial charge in [-0.2, -0.15) is 0 Å². The van der Waals surface area contributed by atoms with E-state index in [1.165, 1.54) is 42.0 Å². The zero-order chi connectivity index (χ0) is 21.8. The normalized spacial score (nSPS) is 11.9. The second-order valence-corrected chi connectivity index (χ2v) is 6.84. The number of hydrogen-bond acceptors (Lipinski definition) is 6. The third-order valence-corrected chi connectivity index (χ3v) is 4.64. The number of fused-ring (bicyclic) bond motifs is 1. The first-order valence-corrected chi connectivity index (χ1v) is 9.61. The minimum absolute atomic E-state index is 0.151. The van der Waals surface area contributed by atoms with Crippen molar-refractivity contribution in [3.05, 3.63) is 94.7 Å². The molecule has 0 saturated carbocycles. The highest BCUT2D eigenvalue weighted by Gasteiger charge is 2.19. The Bertz CT molecular complexity index is 1250. The maximum atomic E-state index is 13.0. The van der Waals surface area contributed by atoms with Crippen LogP contribution in [0.25, 0.3) is 10.9 Å². The predicted molar refractivity (Wildman–Crippen MR) is 110 cm³/mol. The molecule has 0 N–H and O–H groups in total. The average molecular weight is 422 g/mol. The summed E-state index contributed by atoms with van der Waals surface area (Å²) in [6.45, 7) is 1.45. The molecule has 1 unspecified atom stereocenters. The van der Waals surface area contributed by atoms with Crippen LogP contribution in [0.4, 0.5) is 4.39 Å². The van der Waals surface area contributed by atoms with Crippen LogP contribution in [-0.2, 0) is 22.7 Å². The standard InChI is InChI=1S/C23H19FN2O5/c1-15(31-17-10-8-16(24)9-11-17)23(28)30-14-21-25-20-7-3-2-6-19(20)22(27)26(21)13-18-5-4-12-29-18/h2-12,15H,13-14H2,1H3. The molecule has 0 aliphatic heterocycles. The Balaban J connectivity index is 1.54. The fraction of sp³-hybridized carbons (Fsp3) is 0.174. The lowest BCUT2D eigenvalue weighted by Gasteiger charge is -2.16. The SMILES string of the molecule is CC(Oc1ccc(F)cc1)C(=O)OCc1nc2ccccc2c(=O)n1Cc1ccco1. The van der Waals surface area contributed by atoms with Crippen molar-refractivity contribution in [2.45, 2.75) is 26.2 Å². The van der Waals surface area contributed by atoms with Gasteiger partial charge < -0.3 is 13.9 Å². The van der Waals surface area contributed by atoms with Crippen LogP contribution in [0.5, 0.6) is 5.75 Å². The van der Waals surface area contributed by atoms with Crippen molar-refractivity contribution < 1.29 is 23.1 Å². The van der Waals surface area contributed by atoms with Crippen LogP contribution in [0.15, 0.2) is 76.1 Å². The van der Waals surface area contributed by atoms with Gasteiger partial charge in [0.15, 0.2) is 11.9 Å². The topological polar surface area (TPSA) is 83.6 Å². The molecule has 2 aromatic carbocycles. The highest BCUT2D eigenvalue weighted by molar-refractivity contribution is 5.77. The highest BCUT2D eigenvalue weighted by atomic mass is 19.1. The van der Waals surface area contributed by atoms with Gasteiger partial charge in [-0.1, -0.05) is 12.1 Å². The fourth-order valence-electron chi connectivity index (χ4n) is 3.06. The molecule has 31 heavy (non-hydrogen) atoms. The first-order chi connectivity index (χ1) is 15.0. The van der Waals surface area contributed by atoms with E-state index in [9.17, 15) is 14.0 Å². The Labute approximate surface area is 176 Å². The third kappa shape index (κ3) is 4.63. The van der Waals surface area contributed by atoms with Crippen LogP contribution in [0.2, 0.25) is 0 Å². The van der Waals surface area contributed by atoms with Gasteiger partial charge in [0.2, 0.25) is 0 Å². The van der Waals surface area contributed by atoms with Crippen LogP contribution in [0, 0.1) is 5.82 Å². The molecule has 0 fully saturated rings. The van der Waals surface area contributed by atoms with Gasteiger partial charge in [0.25, 0.3) is 5.56 Å². The number of esters is 1. The van der Waals surface area contributed by atoms with E-state index in [4.69, 9.17) is 13.9 Å². The molecule has 4 aromatic rings. The summed E-state index contributed by atoms with van der Waals surface area (Å²) in [5.74, 6) is 0.141. The van der Waals surface area contributed by atoms with Gasteiger partial charge in [0.1, 0.15) is 23.9 Å². The Morgan fingerprint density at radius 3 is 2.65 bits per heavy atom. The van der Waals surface area contributed by atoms with Crippen molar-refractivity contribution in [2.75, 3.05) is 0 Å². The van der Waals surface area contributed by atoms with Crippen LogP contribution in [-0.4, -0.2) is 21.6 Å². The van der Waals surface area contributed by atoms with E-state index >= 15 is 0 Å². The van der Waals surface area contributed by atoms with Gasteiger partial charge in [-0.05, 0) is 55.5 Å². The highest BCUT2D eigenvalue weighted by Crippen LogP contribution is 2.15. The first-order valence-electron chi connectivity index (χ1n) is 9.61. The molecule has 0 bridgehead atoms. The maximum Gasteiger partial charge on any atom is 0.347 e. The van der Waals surface area contributed by atoms with Crippen LogP contribution in [0.1, 0.15) is 18.5 Å². The number of ether oxygens (including phenoxy) is 2. The molecule has 2 heterocycles. The van der Waals surface area contributed by atoms with Crippen molar-refractivity contribution >= 4 is 16.9 Å². The molecule has 0 spiro atoms. The number of hydrogen-bond donors (Lipinski definition) is 0. The van der Waals surface area contributed by atoms with Gasteiger partial charge in [-0.15, -0.1) is 0 Å². The van der Waals surface area contributed by atoms with E-state index in [-0.39, 0.29) is 24.5 Å². The van der Waals surface area contributed by atoms with Gasteiger partial charge in [0, 0.05) is 0 Å². The predicted octanol–water partition coefficient (Wildman–Crippen LogP) is 3.69. The molecule has 2 aromatic heterocycles. The summed E-state index contributed by atoms with van der Waals surface area (Å²) in [6.07, 6.45) is 0.583. The molecule has 0 aliphatic rings. The van der Waals surface area contributed by atoms with Gasteiger partial charge in [0.05, 0.1) is 23.7 Å². The van der Waals surface area contributed by atoms with E-state index in [0.717, 1.165) is 0 Å². The Kier molecular flexibility index (Phi) is 5.79. The lowest BCUT2D eigenvalue weighted by Crippen LogP contribution is -2.29. The Morgan fingerprint density at radius 1 is 1.13 bits per heavy atom. The maximum absolute atomic E-state index is 13.0. The number of aromatic nitrogens is 2. The summed E-state index contributed by atoms with van der Waals surface area (Å²) in [7, 11) is 0. The van der Waals surface area contributed by atoms with Gasteiger partial charge in [-0.25, -0.2) is 14.2 Å². The largest absolute Gasteiger partial charge is 0.479 e. The van der Waals surface area contributed by atoms with E-state index < -0.39 is 17.9 Å². The zero-order valence-corrected chi connectivity index (χ0v) is 16.7. The molecule has 0 radical (unpaired) electrons. The Hall–Kier alpha value is -3.94. The molecule has 8 heteroatoms. The fourth-order valence-corrected chi connectivity index (χ4v) is 3.06. The quantitative estimate of drug-likeness (QED) is 0.423. The minimum Gasteiger partial charge on any atom is -0.479 e. The summed E-state index contributed by atoms with van der Waals surface area (Å²) < 4.78 is 30.6. The van der Waals surface area contributed by atoms with Crippen molar-refractivity contribution in [3.63, 3.8) is 0 Å². The number of carbonyl (C=O) groups is 1. The summed E-state index contributed by atoms with van der Waals surface area (Å²) in [5.41, 5.74) is 0.244. The minimum atomic E-state index is -0.934. The zero-order valence-electron chi connectivity index (χ0n) is 16.7. The number of para-hydroxylation sites is 1. The van der Waals surface area contributed by atoms with Gasteiger partial charge >= 0.3 is 5.97 Å². The molecule has 7 nitrogen and oxygen atoms in total. The number of carbonyl (C=O) groups excluding carboxylic acids is 1. The molecular formula is C23H19FN2O5. The number of rotatable bonds is 7. The summed E-state index contributed by atoms with van der Waals surface area (Å²) in [6, 6.07) is 15.7. The lowest BCUT2D eigenvalue weighted by atomic mass is 10.2. The summed E-state index contributed by atoms with van der Waals surface area (Å²) in [5, 5.41) is 0.456. The molecule has 0 aliphatic carbocycles. The average Bonchev–Trinajstić information content (AvgIpc) is 3.29. The monoisotopic (exact) mass is 422 g/mol. The molecule has 0 saturated heterocycles. The number of halogens is 1. The van der Waals surface area contributed by atoms with Crippen molar-refractivity contribution in [1.82, 2.24) is 9.55 Å². The molecule has 4 rings (SSSR count). The van der Waals surface area contributed by atoms with E-state index in [2.05, 4.69) is 4.98 Å². The van der Waals surface area contributed by atoms with Crippen LogP contribution in [0.3, 0.4) is 0 Å².